The number of ketones is 2. The number of piperidine rings is 1. The van der Waals surface area contributed by atoms with E-state index < -0.39 is 5.60 Å². The predicted molar refractivity (Wildman–Crippen MR) is 143 cm³/mol. The maximum absolute atomic E-state index is 13.2. The largest absolute Gasteiger partial charge is 0.506 e. The van der Waals surface area contributed by atoms with E-state index in [2.05, 4.69) is 4.90 Å². The fourth-order valence-electron chi connectivity index (χ4n) is 5.81. The van der Waals surface area contributed by atoms with E-state index in [1.807, 2.05) is 71.4 Å². The topological polar surface area (TPSA) is 71.8 Å². The molecule has 1 saturated heterocycles. The van der Waals surface area contributed by atoms with Gasteiger partial charge in [0.05, 0.1) is 17.5 Å². The van der Waals surface area contributed by atoms with Crippen LogP contribution in [0.25, 0.3) is 10.9 Å². The normalized spacial score (nSPS) is 17.0. The molecule has 0 bridgehead atoms. The first kappa shape index (κ1) is 23.5. The van der Waals surface area contributed by atoms with Gasteiger partial charge in [-0.1, -0.05) is 54.6 Å². The highest BCUT2D eigenvalue weighted by Gasteiger charge is 2.42. The van der Waals surface area contributed by atoms with Crippen LogP contribution in [-0.4, -0.2) is 51.4 Å². The molecule has 0 atom stereocenters. The van der Waals surface area contributed by atoms with Crippen LogP contribution in [0, 0.1) is 0 Å². The van der Waals surface area contributed by atoms with Gasteiger partial charge in [-0.2, -0.15) is 0 Å². The molecular formula is C31H30N2O4. The standard InChI is InChI=1S/C31H30N2O4/c34-26-12-6-11-23-25(30(36)22-8-2-1-3-9-22)21-33(29(23)26)17-7-16-32-18-14-31(15-19-32)20-27(35)24-10-4-5-13-28(24)37-31/h1-6,8-13,21,34H,7,14-20H2. The van der Waals surface area contributed by atoms with E-state index in [1.54, 1.807) is 12.1 Å². The van der Waals surface area contributed by atoms with Crippen LogP contribution in [0.15, 0.2) is 79.0 Å². The molecule has 0 amide bonds. The number of hydrogen-bond acceptors (Lipinski definition) is 5. The average Bonchev–Trinajstić information content (AvgIpc) is 3.30. The van der Waals surface area contributed by atoms with Crippen LogP contribution in [0.2, 0.25) is 0 Å². The number of rotatable bonds is 6. The SMILES string of the molecule is O=C1CC2(CCN(CCCn3cc(C(=O)c4ccccc4)c4cccc(O)c43)CC2)Oc2ccccc21. The Morgan fingerprint density at radius 3 is 2.49 bits per heavy atom. The summed E-state index contributed by atoms with van der Waals surface area (Å²) in [6.07, 6.45) is 4.87. The third kappa shape index (κ3) is 4.42. The van der Waals surface area contributed by atoms with Gasteiger partial charge in [-0.25, -0.2) is 0 Å². The smallest absolute Gasteiger partial charge is 0.195 e. The van der Waals surface area contributed by atoms with E-state index in [1.165, 1.54) is 0 Å². The minimum Gasteiger partial charge on any atom is -0.506 e. The third-order valence-electron chi connectivity index (χ3n) is 7.79. The van der Waals surface area contributed by atoms with Crippen LogP contribution >= 0.6 is 0 Å². The lowest BCUT2D eigenvalue weighted by molar-refractivity contribution is -0.00926. The molecule has 0 saturated carbocycles. The lowest BCUT2D eigenvalue weighted by Gasteiger charge is -2.44. The highest BCUT2D eigenvalue weighted by atomic mass is 16.5. The molecule has 6 rings (SSSR count). The third-order valence-corrected chi connectivity index (χ3v) is 7.79. The van der Waals surface area contributed by atoms with Gasteiger partial charge in [-0.05, 0) is 31.2 Å². The summed E-state index contributed by atoms with van der Waals surface area (Å²) >= 11 is 0. The van der Waals surface area contributed by atoms with Crippen molar-refractivity contribution in [1.29, 1.82) is 0 Å². The van der Waals surface area contributed by atoms with Crippen molar-refractivity contribution >= 4 is 22.5 Å². The second-order valence-electron chi connectivity index (χ2n) is 10.2. The van der Waals surface area contributed by atoms with E-state index >= 15 is 0 Å². The summed E-state index contributed by atoms with van der Waals surface area (Å²) in [7, 11) is 0. The van der Waals surface area contributed by atoms with Crippen molar-refractivity contribution < 1.29 is 19.4 Å². The molecular weight excluding hydrogens is 464 g/mol. The van der Waals surface area contributed by atoms with E-state index in [0.29, 0.717) is 40.9 Å². The number of carbonyl (C=O) groups is 2. The molecule has 6 heteroatoms. The van der Waals surface area contributed by atoms with Crippen molar-refractivity contribution in [3.63, 3.8) is 0 Å². The number of Topliss-reactive ketones (excluding diaryl/α,β-unsaturated/α-hetero) is 1. The number of ether oxygens (including phenoxy) is 1. The lowest BCUT2D eigenvalue weighted by Crippen LogP contribution is -2.51. The molecule has 3 heterocycles. The summed E-state index contributed by atoms with van der Waals surface area (Å²) in [5.74, 6) is 1.03. The van der Waals surface area contributed by atoms with Crippen LogP contribution in [0.1, 0.15) is 52.0 Å². The molecule has 4 aromatic rings. The van der Waals surface area contributed by atoms with Crippen LogP contribution in [0.4, 0.5) is 0 Å². The van der Waals surface area contributed by atoms with E-state index in [-0.39, 0.29) is 17.3 Å². The zero-order valence-electron chi connectivity index (χ0n) is 20.7. The molecule has 188 valence electrons. The number of carbonyl (C=O) groups excluding carboxylic acids is 2. The van der Waals surface area contributed by atoms with Crippen LogP contribution in [0.3, 0.4) is 0 Å². The van der Waals surface area contributed by atoms with Gasteiger partial charge < -0.3 is 19.3 Å². The fourth-order valence-corrected chi connectivity index (χ4v) is 5.81. The lowest BCUT2D eigenvalue weighted by atomic mass is 9.82. The van der Waals surface area contributed by atoms with E-state index in [9.17, 15) is 14.7 Å². The molecule has 3 aromatic carbocycles. The number of likely N-dealkylation sites (tertiary alicyclic amines) is 1. The molecule has 2 aliphatic heterocycles. The van der Waals surface area contributed by atoms with Gasteiger partial charge in [0.2, 0.25) is 0 Å². The quantitative estimate of drug-likeness (QED) is 0.360. The molecule has 1 fully saturated rings. The number of aromatic hydroxyl groups is 1. The van der Waals surface area contributed by atoms with Crippen LogP contribution < -0.4 is 4.74 Å². The Bertz CT molecular complexity index is 1470. The number of benzene rings is 3. The molecule has 37 heavy (non-hydrogen) atoms. The van der Waals surface area contributed by atoms with Crippen molar-refractivity contribution in [3.05, 3.63) is 95.7 Å². The Balaban J connectivity index is 1.12. The molecule has 0 aliphatic carbocycles. The number of phenolic OH excluding ortho intramolecular Hbond substituents is 1. The fraction of sp³-hybridized carbons (Fsp3) is 0.290. The first-order valence-corrected chi connectivity index (χ1v) is 13.0. The molecule has 6 nitrogen and oxygen atoms in total. The second-order valence-corrected chi connectivity index (χ2v) is 10.2. The Morgan fingerprint density at radius 1 is 0.919 bits per heavy atom. The Labute approximate surface area is 216 Å². The summed E-state index contributed by atoms with van der Waals surface area (Å²) in [6, 6.07) is 22.2. The number of para-hydroxylation sites is 2. The number of aryl methyl sites for hydroxylation is 1. The zero-order chi connectivity index (χ0) is 25.4. The zero-order valence-corrected chi connectivity index (χ0v) is 20.7. The molecule has 1 spiro atoms. The number of hydrogen-bond donors (Lipinski definition) is 1. The summed E-state index contributed by atoms with van der Waals surface area (Å²) in [6.45, 7) is 3.35. The number of phenols is 1. The highest BCUT2D eigenvalue weighted by molar-refractivity contribution is 6.17. The Kier molecular flexibility index (Phi) is 6.05. The minimum atomic E-state index is -0.392. The van der Waals surface area contributed by atoms with Crippen molar-refractivity contribution in [2.75, 3.05) is 19.6 Å². The second kappa shape index (κ2) is 9.52. The van der Waals surface area contributed by atoms with E-state index in [4.69, 9.17) is 4.74 Å². The van der Waals surface area contributed by atoms with Crippen LogP contribution in [0.5, 0.6) is 11.5 Å². The Hall–Kier alpha value is -3.90. The van der Waals surface area contributed by atoms with Gasteiger partial charge in [0, 0.05) is 55.2 Å². The number of fused-ring (bicyclic) bond motifs is 2. The molecule has 2 aliphatic rings. The van der Waals surface area contributed by atoms with Crippen LogP contribution in [-0.2, 0) is 6.54 Å². The molecule has 0 radical (unpaired) electrons. The van der Waals surface area contributed by atoms with Gasteiger partial charge in [-0.15, -0.1) is 0 Å². The van der Waals surface area contributed by atoms with Crippen molar-refractivity contribution in [2.45, 2.75) is 37.8 Å². The van der Waals surface area contributed by atoms with Gasteiger partial charge in [0.15, 0.2) is 11.6 Å². The molecule has 1 aromatic heterocycles. The number of nitrogens with zero attached hydrogens (tertiary/aromatic N) is 2. The van der Waals surface area contributed by atoms with Gasteiger partial charge in [0.25, 0.3) is 0 Å². The summed E-state index contributed by atoms with van der Waals surface area (Å²) < 4.78 is 8.37. The minimum absolute atomic E-state index is 0.0418. The van der Waals surface area contributed by atoms with Gasteiger partial charge in [0.1, 0.15) is 17.1 Å². The van der Waals surface area contributed by atoms with Gasteiger partial charge >= 0.3 is 0 Å². The average molecular weight is 495 g/mol. The summed E-state index contributed by atoms with van der Waals surface area (Å²) in [4.78, 5) is 28.3. The summed E-state index contributed by atoms with van der Waals surface area (Å²) in [5, 5.41) is 11.4. The summed E-state index contributed by atoms with van der Waals surface area (Å²) in [5.41, 5.74) is 2.25. The molecule has 1 N–H and O–H groups in total. The van der Waals surface area contributed by atoms with E-state index in [0.717, 1.165) is 44.3 Å². The van der Waals surface area contributed by atoms with Crippen molar-refractivity contribution in [3.8, 4) is 11.5 Å². The first-order valence-electron chi connectivity index (χ1n) is 13.0. The monoisotopic (exact) mass is 494 g/mol. The van der Waals surface area contributed by atoms with Crippen molar-refractivity contribution in [2.24, 2.45) is 0 Å². The maximum atomic E-state index is 13.2. The predicted octanol–water partition coefficient (Wildman–Crippen LogP) is 5.47. The van der Waals surface area contributed by atoms with Crippen molar-refractivity contribution in [1.82, 2.24) is 9.47 Å². The van der Waals surface area contributed by atoms with Gasteiger partial charge in [-0.3, -0.25) is 9.59 Å². The number of aromatic nitrogens is 1. The molecule has 0 unspecified atom stereocenters. The Morgan fingerprint density at radius 2 is 1.68 bits per heavy atom. The highest BCUT2D eigenvalue weighted by Crippen LogP contribution is 2.39. The first-order chi connectivity index (χ1) is 18.0. The maximum Gasteiger partial charge on any atom is 0.195 e.